The van der Waals surface area contributed by atoms with E-state index in [4.69, 9.17) is 9.47 Å². The zero-order chi connectivity index (χ0) is 15.8. The summed E-state index contributed by atoms with van der Waals surface area (Å²) in [4.78, 5) is 16.6. The standard InChI is InChI=1S/C19H25NO3/c1-12-17-16(19(21)23-12)10-13-6-2-3-8-15(13)18(17)22-11-14-7-4-5-9-20-14/h4-5,7,9,12-13,15-18H,2-3,6,8,10-11H2,1H3/t12-,13+,15-,16-,17-,18+/m0/s1. The quantitative estimate of drug-likeness (QED) is 0.803. The fourth-order valence-corrected chi connectivity index (χ4v) is 5.06. The molecule has 2 heterocycles. The van der Waals surface area contributed by atoms with Crippen molar-refractivity contribution in [2.24, 2.45) is 23.7 Å². The Morgan fingerprint density at radius 2 is 2.17 bits per heavy atom. The van der Waals surface area contributed by atoms with Gasteiger partial charge in [0.1, 0.15) is 6.10 Å². The number of nitrogens with zero attached hydrogens (tertiary/aromatic N) is 1. The van der Waals surface area contributed by atoms with Gasteiger partial charge in [0.2, 0.25) is 0 Å². The highest BCUT2D eigenvalue weighted by Crippen LogP contribution is 2.51. The minimum atomic E-state index is -0.0240. The molecule has 1 aromatic heterocycles. The van der Waals surface area contributed by atoms with Gasteiger partial charge in [-0.3, -0.25) is 9.78 Å². The van der Waals surface area contributed by atoms with Crippen molar-refractivity contribution in [3.63, 3.8) is 0 Å². The van der Waals surface area contributed by atoms with Crippen LogP contribution in [0.4, 0.5) is 0 Å². The van der Waals surface area contributed by atoms with Crippen molar-refractivity contribution in [1.29, 1.82) is 0 Å². The molecule has 1 saturated heterocycles. The molecule has 2 aliphatic carbocycles. The molecule has 4 heteroatoms. The summed E-state index contributed by atoms with van der Waals surface area (Å²) in [5, 5.41) is 0. The lowest BCUT2D eigenvalue weighted by molar-refractivity contribution is -0.145. The van der Waals surface area contributed by atoms with Crippen LogP contribution in [0.3, 0.4) is 0 Å². The second-order valence-corrected chi connectivity index (χ2v) is 7.37. The first-order chi connectivity index (χ1) is 11.2. The molecule has 0 unspecified atom stereocenters. The van der Waals surface area contributed by atoms with Crippen molar-refractivity contribution < 1.29 is 14.3 Å². The van der Waals surface area contributed by atoms with Gasteiger partial charge in [0.15, 0.2) is 0 Å². The molecule has 0 aromatic carbocycles. The smallest absolute Gasteiger partial charge is 0.309 e. The summed E-state index contributed by atoms with van der Waals surface area (Å²) in [6.45, 7) is 2.56. The number of aromatic nitrogens is 1. The summed E-state index contributed by atoms with van der Waals surface area (Å²) in [6.07, 6.45) is 7.94. The van der Waals surface area contributed by atoms with Gasteiger partial charge in [-0.1, -0.05) is 25.3 Å². The lowest BCUT2D eigenvalue weighted by atomic mass is 9.61. The first kappa shape index (κ1) is 15.1. The Hall–Kier alpha value is -1.42. The third kappa shape index (κ3) is 2.78. The maximum absolute atomic E-state index is 12.2. The van der Waals surface area contributed by atoms with Crippen LogP contribution in [0.15, 0.2) is 24.4 Å². The van der Waals surface area contributed by atoms with E-state index < -0.39 is 0 Å². The maximum atomic E-state index is 12.2. The fourth-order valence-electron chi connectivity index (χ4n) is 5.06. The molecule has 0 amide bonds. The minimum absolute atomic E-state index is 0.00189. The number of hydrogen-bond acceptors (Lipinski definition) is 4. The molecule has 1 aliphatic heterocycles. The van der Waals surface area contributed by atoms with Crippen molar-refractivity contribution in [3.8, 4) is 0 Å². The van der Waals surface area contributed by atoms with Crippen LogP contribution in [-0.4, -0.2) is 23.2 Å². The first-order valence-corrected chi connectivity index (χ1v) is 8.96. The van der Waals surface area contributed by atoms with Crippen molar-refractivity contribution in [2.75, 3.05) is 0 Å². The van der Waals surface area contributed by atoms with E-state index in [0.717, 1.165) is 12.1 Å². The molecule has 0 N–H and O–H groups in total. The molecule has 1 aromatic rings. The first-order valence-electron chi connectivity index (χ1n) is 8.96. The molecular weight excluding hydrogens is 290 g/mol. The molecule has 23 heavy (non-hydrogen) atoms. The van der Waals surface area contributed by atoms with Crippen LogP contribution in [0.2, 0.25) is 0 Å². The van der Waals surface area contributed by atoms with Gasteiger partial charge in [-0.15, -0.1) is 0 Å². The maximum Gasteiger partial charge on any atom is 0.309 e. The SMILES string of the molecule is C[C@@H]1OC(=O)[C@H]2C[C@H]3CCCC[C@@H]3[C@@H](OCc3ccccn3)[C@@H]12. The summed E-state index contributed by atoms with van der Waals surface area (Å²) in [5.74, 6) is 1.45. The molecule has 2 saturated carbocycles. The lowest BCUT2D eigenvalue weighted by Crippen LogP contribution is -2.48. The third-order valence-corrected chi connectivity index (χ3v) is 6.09. The molecule has 0 radical (unpaired) electrons. The van der Waals surface area contributed by atoms with Crippen LogP contribution < -0.4 is 0 Å². The number of ether oxygens (including phenoxy) is 2. The summed E-state index contributed by atoms with van der Waals surface area (Å²) in [6, 6.07) is 5.91. The lowest BCUT2D eigenvalue weighted by Gasteiger charge is -2.46. The topological polar surface area (TPSA) is 48.4 Å². The number of hydrogen-bond donors (Lipinski definition) is 0. The number of pyridine rings is 1. The Morgan fingerprint density at radius 1 is 1.30 bits per heavy atom. The molecule has 3 fully saturated rings. The minimum Gasteiger partial charge on any atom is -0.462 e. The summed E-state index contributed by atoms with van der Waals surface area (Å²) < 4.78 is 11.9. The summed E-state index contributed by atoms with van der Waals surface area (Å²) >= 11 is 0. The highest BCUT2D eigenvalue weighted by molar-refractivity contribution is 5.75. The Balaban J connectivity index is 1.56. The van der Waals surface area contributed by atoms with Gasteiger partial charge in [0, 0.05) is 12.1 Å². The van der Waals surface area contributed by atoms with Crippen LogP contribution in [-0.2, 0) is 20.9 Å². The Kier molecular flexibility index (Phi) is 4.10. The average Bonchev–Trinajstić information content (AvgIpc) is 2.87. The van der Waals surface area contributed by atoms with Crippen LogP contribution >= 0.6 is 0 Å². The van der Waals surface area contributed by atoms with Gasteiger partial charge in [-0.25, -0.2) is 0 Å². The normalized spacial score (nSPS) is 39.4. The largest absolute Gasteiger partial charge is 0.462 e. The van der Waals surface area contributed by atoms with Crippen LogP contribution in [0.5, 0.6) is 0 Å². The highest BCUT2D eigenvalue weighted by Gasteiger charge is 2.55. The van der Waals surface area contributed by atoms with Gasteiger partial charge in [0.05, 0.1) is 24.3 Å². The molecule has 4 rings (SSSR count). The second-order valence-electron chi connectivity index (χ2n) is 7.37. The monoisotopic (exact) mass is 315 g/mol. The number of esters is 1. The van der Waals surface area contributed by atoms with Crippen LogP contribution in [0, 0.1) is 23.7 Å². The van der Waals surface area contributed by atoms with E-state index in [1.165, 1.54) is 25.7 Å². The van der Waals surface area contributed by atoms with Gasteiger partial charge in [-0.2, -0.15) is 0 Å². The number of cyclic esters (lactones) is 1. The van der Waals surface area contributed by atoms with Crippen LogP contribution in [0.25, 0.3) is 0 Å². The molecular formula is C19H25NO3. The van der Waals surface area contributed by atoms with Gasteiger partial charge in [-0.05, 0) is 43.7 Å². The number of carbonyl (C=O) groups excluding carboxylic acids is 1. The van der Waals surface area contributed by atoms with Gasteiger partial charge < -0.3 is 9.47 Å². The third-order valence-electron chi connectivity index (χ3n) is 6.09. The van der Waals surface area contributed by atoms with Crippen molar-refractivity contribution in [3.05, 3.63) is 30.1 Å². The number of fused-ring (bicyclic) bond motifs is 2. The second kappa shape index (κ2) is 6.23. The van der Waals surface area contributed by atoms with Crippen LogP contribution in [0.1, 0.15) is 44.7 Å². The molecule has 3 aliphatic rings. The van der Waals surface area contributed by atoms with Gasteiger partial charge >= 0.3 is 5.97 Å². The van der Waals surface area contributed by atoms with E-state index in [-0.39, 0.29) is 30.0 Å². The fraction of sp³-hybridized carbons (Fsp3) is 0.684. The predicted molar refractivity (Wildman–Crippen MR) is 85.4 cm³/mol. The highest BCUT2D eigenvalue weighted by atomic mass is 16.6. The van der Waals surface area contributed by atoms with Crippen molar-refractivity contribution >= 4 is 5.97 Å². The summed E-state index contributed by atoms with van der Waals surface area (Å²) in [7, 11) is 0. The van der Waals surface area contributed by atoms with Gasteiger partial charge in [0.25, 0.3) is 0 Å². The number of rotatable bonds is 3. The van der Waals surface area contributed by atoms with E-state index in [1.54, 1.807) is 6.20 Å². The molecule has 0 spiro atoms. The molecule has 6 atom stereocenters. The zero-order valence-electron chi connectivity index (χ0n) is 13.7. The van der Waals surface area contributed by atoms with E-state index >= 15 is 0 Å². The Morgan fingerprint density at radius 3 is 3.00 bits per heavy atom. The van der Waals surface area contributed by atoms with E-state index in [1.807, 2.05) is 25.1 Å². The summed E-state index contributed by atoms with van der Waals surface area (Å²) in [5.41, 5.74) is 0.958. The van der Waals surface area contributed by atoms with Crippen molar-refractivity contribution in [2.45, 2.75) is 57.8 Å². The molecule has 0 bridgehead atoms. The average molecular weight is 315 g/mol. The van der Waals surface area contributed by atoms with Crippen molar-refractivity contribution in [1.82, 2.24) is 4.98 Å². The van der Waals surface area contributed by atoms with E-state index in [2.05, 4.69) is 4.98 Å². The predicted octanol–water partition coefficient (Wildman–Crippen LogP) is 3.35. The van der Waals surface area contributed by atoms with E-state index in [0.29, 0.717) is 18.4 Å². The molecule has 124 valence electrons. The Bertz CT molecular complexity index is 561. The molecule has 4 nitrogen and oxygen atoms in total. The van der Waals surface area contributed by atoms with E-state index in [9.17, 15) is 4.79 Å². The Labute approximate surface area is 137 Å². The number of carbonyl (C=O) groups is 1. The zero-order valence-corrected chi connectivity index (χ0v) is 13.7.